The van der Waals surface area contributed by atoms with Gasteiger partial charge in [0.15, 0.2) is 0 Å². The van der Waals surface area contributed by atoms with E-state index in [1.165, 1.54) is 0 Å². The molecule has 0 unspecified atom stereocenters. The maximum Gasteiger partial charge on any atom is 0.0661 e. The van der Waals surface area contributed by atoms with Gasteiger partial charge in [0.25, 0.3) is 0 Å². The van der Waals surface area contributed by atoms with Crippen LogP contribution in [0.4, 0.5) is 5.69 Å². The van der Waals surface area contributed by atoms with Gasteiger partial charge in [-0.3, -0.25) is 0 Å². The monoisotopic (exact) mass is 220 g/mol. The lowest BCUT2D eigenvalue weighted by Gasteiger charge is -2.11. The van der Waals surface area contributed by atoms with Crippen LogP contribution in [0.3, 0.4) is 0 Å². The first-order valence-electron chi connectivity index (χ1n) is 4.80. The van der Waals surface area contributed by atoms with Crippen LogP contribution in [0.2, 0.25) is 5.02 Å². The van der Waals surface area contributed by atoms with Crippen molar-refractivity contribution in [1.29, 1.82) is 0 Å². The molecular weight excluding hydrogens is 208 g/mol. The van der Waals surface area contributed by atoms with E-state index in [4.69, 9.17) is 17.3 Å². The Labute approximate surface area is 94.3 Å². The Balaban J connectivity index is 2.68. The average molecular weight is 221 g/mol. The number of nitrogens with zero attached hydrogens (tertiary/aromatic N) is 1. The van der Waals surface area contributed by atoms with Crippen LogP contribution in [0.5, 0.6) is 0 Å². The topological polar surface area (TPSA) is 30.9 Å². The van der Waals surface area contributed by atoms with Gasteiger partial charge in [-0.25, -0.2) is 0 Å². The molecule has 0 aliphatic heterocycles. The van der Waals surface area contributed by atoms with E-state index in [2.05, 4.69) is 16.7 Å². The zero-order chi connectivity index (χ0) is 11.0. The third kappa shape index (κ3) is 1.73. The molecule has 2 aromatic rings. The summed E-state index contributed by atoms with van der Waals surface area (Å²) in [7, 11) is 0. The van der Waals surface area contributed by atoms with Crippen molar-refractivity contribution in [2.45, 2.75) is 13.8 Å². The lowest BCUT2D eigenvalue weighted by atomic mass is 10.2. The highest BCUT2D eigenvalue weighted by molar-refractivity contribution is 6.32. The van der Waals surface area contributed by atoms with E-state index in [0.717, 1.165) is 22.8 Å². The number of benzene rings is 1. The van der Waals surface area contributed by atoms with Gasteiger partial charge in [0.1, 0.15) is 0 Å². The predicted octanol–water partition coefficient (Wildman–Crippen LogP) is 3.33. The molecule has 0 radical (unpaired) electrons. The van der Waals surface area contributed by atoms with Crippen LogP contribution in [0.25, 0.3) is 5.69 Å². The molecule has 15 heavy (non-hydrogen) atoms. The Morgan fingerprint density at radius 3 is 2.27 bits per heavy atom. The van der Waals surface area contributed by atoms with Gasteiger partial charge in [0.05, 0.1) is 10.7 Å². The van der Waals surface area contributed by atoms with E-state index >= 15 is 0 Å². The number of hydrogen-bond acceptors (Lipinski definition) is 1. The van der Waals surface area contributed by atoms with Crippen molar-refractivity contribution in [3.63, 3.8) is 0 Å². The minimum Gasteiger partial charge on any atom is -0.399 e. The van der Waals surface area contributed by atoms with Gasteiger partial charge in [-0.2, -0.15) is 0 Å². The third-order valence-electron chi connectivity index (χ3n) is 2.48. The molecule has 0 fully saturated rings. The number of aryl methyl sites for hydroxylation is 2. The molecule has 0 bridgehead atoms. The van der Waals surface area contributed by atoms with E-state index in [0.29, 0.717) is 5.02 Å². The van der Waals surface area contributed by atoms with Crippen molar-refractivity contribution in [3.8, 4) is 5.69 Å². The second-order valence-corrected chi connectivity index (χ2v) is 4.07. The molecule has 1 heterocycles. The second kappa shape index (κ2) is 3.63. The van der Waals surface area contributed by atoms with Crippen molar-refractivity contribution < 1.29 is 0 Å². The summed E-state index contributed by atoms with van der Waals surface area (Å²) in [5.74, 6) is 0. The van der Waals surface area contributed by atoms with E-state index in [9.17, 15) is 0 Å². The minimum absolute atomic E-state index is 0.714. The summed E-state index contributed by atoms with van der Waals surface area (Å²) in [5, 5.41) is 0.714. The summed E-state index contributed by atoms with van der Waals surface area (Å²) in [6.45, 7) is 4.10. The first-order valence-corrected chi connectivity index (χ1v) is 5.18. The average Bonchev–Trinajstić information content (AvgIpc) is 2.51. The Bertz CT molecular complexity index is 481. The fourth-order valence-electron chi connectivity index (χ4n) is 1.75. The van der Waals surface area contributed by atoms with Crippen molar-refractivity contribution in [3.05, 3.63) is 46.7 Å². The molecule has 0 spiro atoms. The minimum atomic E-state index is 0.714. The van der Waals surface area contributed by atoms with Crippen LogP contribution in [0.15, 0.2) is 30.3 Å². The van der Waals surface area contributed by atoms with Gasteiger partial charge in [0.2, 0.25) is 0 Å². The summed E-state index contributed by atoms with van der Waals surface area (Å²) < 4.78 is 2.10. The molecular formula is C12H13ClN2. The third-order valence-corrected chi connectivity index (χ3v) is 2.80. The number of anilines is 1. The Morgan fingerprint density at radius 2 is 1.67 bits per heavy atom. The molecule has 78 valence electrons. The highest BCUT2D eigenvalue weighted by atomic mass is 35.5. The lowest BCUT2D eigenvalue weighted by molar-refractivity contribution is 0.967. The molecule has 2 nitrogen and oxygen atoms in total. The molecule has 1 aromatic heterocycles. The summed E-state index contributed by atoms with van der Waals surface area (Å²) >= 11 is 6.16. The van der Waals surface area contributed by atoms with Gasteiger partial charge in [-0.05, 0) is 44.2 Å². The number of nitrogen functional groups attached to an aromatic ring is 1. The van der Waals surface area contributed by atoms with Crippen LogP contribution in [0, 0.1) is 13.8 Å². The smallest absolute Gasteiger partial charge is 0.0661 e. The molecule has 0 saturated carbocycles. The normalized spacial score (nSPS) is 10.6. The molecule has 3 heteroatoms. The van der Waals surface area contributed by atoms with Crippen molar-refractivity contribution >= 4 is 17.3 Å². The SMILES string of the molecule is Cc1ccc(C)n1-c1cc(N)ccc1Cl. The molecule has 0 amide bonds. The van der Waals surface area contributed by atoms with Crippen LogP contribution in [-0.2, 0) is 0 Å². The summed E-state index contributed by atoms with van der Waals surface area (Å²) in [5.41, 5.74) is 9.73. The Kier molecular flexibility index (Phi) is 2.45. The van der Waals surface area contributed by atoms with Gasteiger partial charge in [-0.15, -0.1) is 0 Å². The molecule has 1 aromatic carbocycles. The van der Waals surface area contributed by atoms with Crippen molar-refractivity contribution in [2.75, 3.05) is 5.73 Å². The molecule has 2 rings (SSSR count). The maximum atomic E-state index is 6.16. The first kappa shape index (κ1) is 10.1. The van der Waals surface area contributed by atoms with Crippen molar-refractivity contribution in [1.82, 2.24) is 4.57 Å². The molecule has 0 aliphatic rings. The van der Waals surface area contributed by atoms with Crippen molar-refractivity contribution in [2.24, 2.45) is 0 Å². The fourth-order valence-corrected chi connectivity index (χ4v) is 1.95. The maximum absolute atomic E-state index is 6.16. The van der Waals surface area contributed by atoms with Gasteiger partial charge >= 0.3 is 0 Å². The van der Waals surface area contributed by atoms with E-state index in [1.54, 1.807) is 6.07 Å². The van der Waals surface area contributed by atoms with Crippen LogP contribution < -0.4 is 5.73 Å². The highest BCUT2D eigenvalue weighted by Crippen LogP contribution is 2.26. The molecule has 2 N–H and O–H groups in total. The number of aromatic nitrogens is 1. The standard InChI is InChI=1S/C12H13ClN2/c1-8-3-4-9(2)15(8)12-7-10(14)5-6-11(12)13/h3-7H,14H2,1-2H3. The van der Waals surface area contributed by atoms with E-state index in [1.807, 2.05) is 26.0 Å². The Hall–Kier alpha value is -1.41. The van der Waals surface area contributed by atoms with Crippen LogP contribution in [-0.4, -0.2) is 4.57 Å². The van der Waals surface area contributed by atoms with E-state index in [-0.39, 0.29) is 0 Å². The van der Waals surface area contributed by atoms with Crippen LogP contribution >= 0.6 is 11.6 Å². The van der Waals surface area contributed by atoms with Gasteiger partial charge < -0.3 is 10.3 Å². The number of hydrogen-bond donors (Lipinski definition) is 1. The number of nitrogens with two attached hydrogens (primary N) is 1. The summed E-state index contributed by atoms with van der Waals surface area (Å²) in [6, 6.07) is 9.65. The number of halogens is 1. The summed E-state index contributed by atoms with van der Waals surface area (Å²) in [4.78, 5) is 0. The lowest BCUT2D eigenvalue weighted by Crippen LogP contribution is -2.00. The number of rotatable bonds is 1. The van der Waals surface area contributed by atoms with Gasteiger partial charge in [-0.1, -0.05) is 11.6 Å². The first-order chi connectivity index (χ1) is 7.09. The van der Waals surface area contributed by atoms with Crippen LogP contribution in [0.1, 0.15) is 11.4 Å². The zero-order valence-corrected chi connectivity index (χ0v) is 9.55. The van der Waals surface area contributed by atoms with E-state index < -0.39 is 0 Å². The molecule has 0 atom stereocenters. The zero-order valence-electron chi connectivity index (χ0n) is 8.79. The second-order valence-electron chi connectivity index (χ2n) is 3.66. The predicted molar refractivity (Wildman–Crippen MR) is 64.7 cm³/mol. The fraction of sp³-hybridized carbons (Fsp3) is 0.167. The summed E-state index contributed by atoms with van der Waals surface area (Å²) in [6.07, 6.45) is 0. The molecule has 0 saturated heterocycles. The van der Waals surface area contributed by atoms with Gasteiger partial charge in [0, 0.05) is 17.1 Å². The molecule has 0 aliphatic carbocycles. The quantitative estimate of drug-likeness (QED) is 0.735. The Morgan fingerprint density at radius 1 is 1.07 bits per heavy atom. The highest BCUT2D eigenvalue weighted by Gasteiger charge is 2.07. The largest absolute Gasteiger partial charge is 0.399 e.